The summed E-state index contributed by atoms with van der Waals surface area (Å²) in [7, 11) is 0. The number of rotatable bonds is 5. The zero-order chi connectivity index (χ0) is 27.5. The Morgan fingerprint density at radius 3 is 1.71 bits per heavy atom. The molecule has 0 heterocycles. The molecule has 4 rings (SSSR count). The van der Waals surface area contributed by atoms with Crippen molar-refractivity contribution < 1.29 is 10.2 Å². The van der Waals surface area contributed by atoms with Crippen LogP contribution in [0.4, 0.5) is 5.69 Å². The predicted octanol–water partition coefficient (Wildman–Crippen LogP) is 8.49. The molecule has 0 aliphatic heterocycles. The van der Waals surface area contributed by atoms with Crippen LogP contribution in [0.25, 0.3) is 0 Å². The van der Waals surface area contributed by atoms with Gasteiger partial charge in [0, 0.05) is 29.5 Å². The molecule has 38 heavy (non-hydrogen) atoms. The molecule has 2 N–H and O–H groups in total. The van der Waals surface area contributed by atoms with Crippen LogP contribution in [0.2, 0.25) is 0 Å². The van der Waals surface area contributed by atoms with Gasteiger partial charge in [0.2, 0.25) is 0 Å². The highest BCUT2D eigenvalue weighted by atomic mass is 16.3. The first kappa shape index (κ1) is 27.1. The molecule has 0 spiro atoms. The number of nitrogens with zero attached hydrogens (tertiary/aromatic N) is 2. The third kappa shape index (κ3) is 6.31. The van der Waals surface area contributed by atoms with Crippen LogP contribution in [0, 0.1) is 0 Å². The largest absolute Gasteiger partial charge is 0.507 e. The normalized spacial score (nSPS) is 16.4. The lowest BCUT2D eigenvalue weighted by Gasteiger charge is -2.21. The Morgan fingerprint density at radius 2 is 1.24 bits per heavy atom. The van der Waals surface area contributed by atoms with Crippen LogP contribution >= 0.6 is 0 Å². The lowest BCUT2D eigenvalue weighted by molar-refractivity contribution is 0.445. The number of hydrogen-bond donors (Lipinski definition) is 2. The van der Waals surface area contributed by atoms with Gasteiger partial charge in [-0.05, 0) is 64.3 Å². The van der Waals surface area contributed by atoms with Crippen molar-refractivity contribution in [3.05, 3.63) is 112 Å². The molecule has 0 saturated carbocycles. The molecule has 1 aliphatic carbocycles. The Kier molecular flexibility index (Phi) is 7.73. The average Bonchev–Trinajstić information content (AvgIpc) is 2.87. The molecule has 4 heteroatoms. The number of phenols is 2. The van der Waals surface area contributed by atoms with Crippen molar-refractivity contribution >= 4 is 18.1 Å². The minimum atomic E-state index is -0.137. The monoisotopic (exact) mass is 506 g/mol. The first-order chi connectivity index (χ1) is 17.9. The summed E-state index contributed by atoms with van der Waals surface area (Å²) in [6.45, 7) is 12.5. The van der Waals surface area contributed by atoms with Crippen molar-refractivity contribution in [3.63, 3.8) is 0 Å². The Bertz CT molecular complexity index is 1410. The fourth-order valence-corrected chi connectivity index (χ4v) is 4.59. The van der Waals surface area contributed by atoms with E-state index in [1.54, 1.807) is 12.4 Å². The number of benzene rings is 3. The van der Waals surface area contributed by atoms with E-state index in [9.17, 15) is 10.2 Å². The van der Waals surface area contributed by atoms with Gasteiger partial charge in [0.25, 0.3) is 0 Å². The summed E-state index contributed by atoms with van der Waals surface area (Å²) >= 11 is 0. The molecule has 0 amide bonds. The Hall–Kier alpha value is -3.92. The molecule has 0 saturated heterocycles. The molecule has 3 aromatic rings. The van der Waals surface area contributed by atoms with E-state index >= 15 is 0 Å². The quantitative estimate of drug-likeness (QED) is 0.341. The second kappa shape index (κ2) is 10.8. The molecule has 1 aliphatic rings. The molecule has 0 radical (unpaired) electrons. The third-order valence-electron chi connectivity index (χ3n) is 6.86. The second-order valence-corrected chi connectivity index (χ2v) is 11.9. The van der Waals surface area contributed by atoms with E-state index < -0.39 is 0 Å². The van der Waals surface area contributed by atoms with Gasteiger partial charge in [-0.2, -0.15) is 0 Å². The molecule has 4 nitrogen and oxygen atoms in total. The van der Waals surface area contributed by atoms with Crippen molar-refractivity contribution in [3.8, 4) is 11.5 Å². The minimum absolute atomic E-state index is 0.134. The zero-order valence-corrected chi connectivity index (χ0v) is 23.2. The van der Waals surface area contributed by atoms with Crippen molar-refractivity contribution in [2.45, 2.75) is 64.7 Å². The summed E-state index contributed by atoms with van der Waals surface area (Å²) < 4.78 is 0. The molecule has 196 valence electrons. The Labute approximate surface area is 226 Å². The van der Waals surface area contributed by atoms with E-state index in [0.29, 0.717) is 11.3 Å². The lowest BCUT2D eigenvalue weighted by Crippen LogP contribution is -2.11. The smallest absolute Gasteiger partial charge is 0.128 e. The molecule has 1 atom stereocenters. The first-order valence-corrected chi connectivity index (χ1v) is 13.1. The summed E-state index contributed by atoms with van der Waals surface area (Å²) in [4.78, 5) is 9.20. The topological polar surface area (TPSA) is 65.2 Å². The second-order valence-electron chi connectivity index (χ2n) is 11.9. The zero-order valence-electron chi connectivity index (χ0n) is 23.2. The number of phenolic OH excluding ortho intramolecular Hbond substituents is 2. The Morgan fingerprint density at radius 1 is 0.711 bits per heavy atom. The number of aliphatic imine (C=N–C) groups is 2. The van der Waals surface area contributed by atoms with Gasteiger partial charge in [-0.15, -0.1) is 0 Å². The minimum Gasteiger partial charge on any atom is -0.507 e. The fraction of sp³-hybridized carbons (Fsp3) is 0.294. The van der Waals surface area contributed by atoms with Gasteiger partial charge in [-0.1, -0.05) is 90.1 Å². The predicted molar refractivity (Wildman–Crippen MR) is 159 cm³/mol. The standard InChI is InChI=1S/C34H38N2O2/c1-33(2,3)29-11-7-9-25(31(29)37)21-35-27-17-13-23(14-18-27)24-15-19-28(20-16-24)36-22-26-10-8-12-30(32(26)38)34(4,5)6/h7-15,17-22,24,37-38H,16H2,1-6H3. The van der Waals surface area contributed by atoms with E-state index in [1.807, 2.05) is 54.6 Å². The van der Waals surface area contributed by atoms with E-state index in [4.69, 9.17) is 0 Å². The maximum atomic E-state index is 10.7. The van der Waals surface area contributed by atoms with Crippen LogP contribution in [-0.4, -0.2) is 22.6 Å². The van der Waals surface area contributed by atoms with Gasteiger partial charge in [0.05, 0.1) is 11.4 Å². The highest BCUT2D eigenvalue weighted by Gasteiger charge is 2.20. The number of hydrogen-bond acceptors (Lipinski definition) is 4. The number of allylic oxidation sites excluding steroid dienone is 3. The number of para-hydroxylation sites is 2. The maximum absolute atomic E-state index is 10.7. The van der Waals surface area contributed by atoms with Crippen LogP contribution in [0.1, 0.15) is 81.7 Å². The van der Waals surface area contributed by atoms with Crippen LogP contribution < -0.4 is 0 Å². The van der Waals surface area contributed by atoms with Gasteiger partial charge < -0.3 is 10.2 Å². The summed E-state index contributed by atoms with van der Waals surface area (Å²) in [5.41, 5.74) is 5.94. The molecule has 1 unspecified atom stereocenters. The van der Waals surface area contributed by atoms with Gasteiger partial charge in [-0.3, -0.25) is 9.98 Å². The van der Waals surface area contributed by atoms with E-state index in [1.165, 1.54) is 5.56 Å². The lowest BCUT2D eigenvalue weighted by atomic mass is 9.85. The van der Waals surface area contributed by atoms with E-state index in [-0.39, 0.29) is 22.5 Å². The molecular weight excluding hydrogens is 468 g/mol. The Balaban J connectivity index is 1.41. The summed E-state index contributed by atoms with van der Waals surface area (Å²) in [6, 6.07) is 19.8. The van der Waals surface area contributed by atoms with Gasteiger partial charge in [-0.25, -0.2) is 0 Å². The van der Waals surface area contributed by atoms with Gasteiger partial charge in [0.15, 0.2) is 0 Å². The van der Waals surface area contributed by atoms with Crippen LogP contribution in [0.15, 0.2) is 94.6 Å². The van der Waals surface area contributed by atoms with Crippen LogP contribution in [0.5, 0.6) is 11.5 Å². The molecule has 0 bridgehead atoms. The van der Waals surface area contributed by atoms with Crippen molar-refractivity contribution in [2.24, 2.45) is 9.98 Å². The van der Waals surface area contributed by atoms with E-state index in [2.05, 4.69) is 75.8 Å². The molecule has 0 fully saturated rings. The van der Waals surface area contributed by atoms with Gasteiger partial charge in [0.1, 0.15) is 11.5 Å². The summed E-state index contributed by atoms with van der Waals surface area (Å²) in [6.07, 6.45) is 10.7. The molecular formula is C34H38N2O2. The summed E-state index contributed by atoms with van der Waals surface area (Å²) in [5.74, 6) is 0.856. The van der Waals surface area contributed by atoms with Crippen LogP contribution in [0.3, 0.4) is 0 Å². The average molecular weight is 507 g/mol. The van der Waals surface area contributed by atoms with Crippen molar-refractivity contribution in [1.29, 1.82) is 0 Å². The van der Waals surface area contributed by atoms with Crippen molar-refractivity contribution in [2.75, 3.05) is 0 Å². The number of aromatic hydroxyl groups is 2. The molecule has 3 aromatic carbocycles. The van der Waals surface area contributed by atoms with Gasteiger partial charge >= 0.3 is 0 Å². The summed E-state index contributed by atoms with van der Waals surface area (Å²) in [5, 5.41) is 21.3. The maximum Gasteiger partial charge on any atom is 0.128 e. The fourth-order valence-electron chi connectivity index (χ4n) is 4.59. The highest BCUT2D eigenvalue weighted by molar-refractivity contribution is 5.86. The van der Waals surface area contributed by atoms with Crippen molar-refractivity contribution in [1.82, 2.24) is 0 Å². The SMILES string of the molecule is CC(C)(C)c1cccc(C=NC2=CCC(c3ccc(N=Cc4cccc(C(C)(C)C)c4O)cc3)C=C2)c1O. The molecule has 0 aromatic heterocycles. The van der Waals surface area contributed by atoms with Crippen LogP contribution in [-0.2, 0) is 10.8 Å². The highest BCUT2D eigenvalue weighted by Crippen LogP contribution is 2.34. The van der Waals surface area contributed by atoms with E-state index in [0.717, 1.165) is 34.5 Å². The third-order valence-corrected chi connectivity index (χ3v) is 6.86. The first-order valence-electron chi connectivity index (χ1n) is 13.1.